The minimum atomic E-state index is -0.169. The van der Waals surface area contributed by atoms with E-state index in [0.29, 0.717) is 5.75 Å². The number of hydrogen-bond acceptors (Lipinski definition) is 3. The normalized spacial score (nSPS) is 10.1. The number of rotatable bonds is 4. The van der Waals surface area contributed by atoms with Gasteiger partial charge in [0, 0.05) is 17.1 Å². The minimum Gasteiger partial charge on any atom is -0.484 e. The van der Waals surface area contributed by atoms with E-state index in [9.17, 15) is 4.79 Å². The fourth-order valence-electron chi connectivity index (χ4n) is 1.44. The number of ether oxygens (including phenoxy) is 1. The van der Waals surface area contributed by atoms with E-state index in [-0.39, 0.29) is 12.5 Å². The highest BCUT2D eigenvalue weighted by molar-refractivity contribution is 9.10. The van der Waals surface area contributed by atoms with Gasteiger partial charge in [0.25, 0.3) is 5.91 Å². The summed E-state index contributed by atoms with van der Waals surface area (Å²) < 4.78 is 11.6. The molecule has 0 radical (unpaired) electrons. The van der Waals surface area contributed by atoms with E-state index in [1.807, 2.05) is 24.3 Å². The molecule has 0 fully saturated rings. The SMILES string of the molecule is CNC(=O)COc1ccc(Br)c(-c2ccco2)c1. The number of halogens is 1. The third-order valence-corrected chi connectivity index (χ3v) is 3.06. The average molecular weight is 310 g/mol. The van der Waals surface area contributed by atoms with Crippen LogP contribution in [0, 0.1) is 0 Å². The van der Waals surface area contributed by atoms with Crippen LogP contribution in [-0.4, -0.2) is 19.6 Å². The molecule has 0 saturated heterocycles. The van der Waals surface area contributed by atoms with Gasteiger partial charge in [-0.2, -0.15) is 0 Å². The standard InChI is InChI=1S/C13H12BrNO3/c1-15-13(16)8-18-9-4-5-11(14)10(7-9)12-3-2-6-17-12/h2-7H,8H2,1H3,(H,15,16). The third-order valence-electron chi connectivity index (χ3n) is 2.37. The van der Waals surface area contributed by atoms with Gasteiger partial charge < -0.3 is 14.5 Å². The summed E-state index contributed by atoms with van der Waals surface area (Å²) in [6, 6.07) is 9.16. The van der Waals surface area contributed by atoms with E-state index in [0.717, 1.165) is 15.8 Å². The number of hydrogen-bond donors (Lipinski definition) is 1. The molecule has 1 amide bonds. The quantitative estimate of drug-likeness (QED) is 0.945. The molecule has 2 aromatic rings. The third kappa shape index (κ3) is 2.92. The largest absolute Gasteiger partial charge is 0.484 e. The summed E-state index contributed by atoms with van der Waals surface area (Å²) in [4.78, 5) is 11.1. The lowest BCUT2D eigenvalue weighted by atomic mass is 10.1. The number of likely N-dealkylation sites (N-methyl/N-ethyl adjacent to an activating group) is 1. The summed E-state index contributed by atoms with van der Waals surface area (Å²) in [5.74, 6) is 1.19. The van der Waals surface area contributed by atoms with Crippen LogP contribution in [0.2, 0.25) is 0 Å². The molecule has 0 saturated carbocycles. The average Bonchev–Trinajstić information content (AvgIpc) is 2.91. The molecule has 0 aliphatic rings. The van der Waals surface area contributed by atoms with E-state index in [2.05, 4.69) is 21.2 Å². The van der Waals surface area contributed by atoms with E-state index in [1.165, 1.54) is 0 Å². The number of carbonyl (C=O) groups excluding carboxylic acids is 1. The van der Waals surface area contributed by atoms with Crippen molar-refractivity contribution in [1.82, 2.24) is 5.32 Å². The molecule has 0 bridgehead atoms. The zero-order chi connectivity index (χ0) is 13.0. The van der Waals surface area contributed by atoms with Crippen molar-refractivity contribution in [3.63, 3.8) is 0 Å². The van der Waals surface area contributed by atoms with Gasteiger partial charge in [0.15, 0.2) is 6.61 Å². The topological polar surface area (TPSA) is 51.5 Å². The Morgan fingerprint density at radius 2 is 2.28 bits per heavy atom. The van der Waals surface area contributed by atoms with E-state index >= 15 is 0 Å². The van der Waals surface area contributed by atoms with Crippen LogP contribution in [0.5, 0.6) is 5.75 Å². The molecule has 1 heterocycles. The zero-order valence-electron chi connectivity index (χ0n) is 9.77. The van der Waals surface area contributed by atoms with Gasteiger partial charge in [-0.1, -0.05) is 15.9 Å². The molecule has 1 N–H and O–H groups in total. The fourth-order valence-corrected chi connectivity index (χ4v) is 1.88. The molecule has 0 aliphatic carbocycles. The van der Waals surface area contributed by atoms with E-state index in [1.54, 1.807) is 19.4 Å². The zero-order valence-corrected chi connectivity index (χ0v) is 11.4. The Labute approximate surface area is 113 Å². The molecule has 0 spiro atoms. The molecular weight excluding hydrogens is 298 g/mol. The Hall–Kier alpha value is -1.75. The molecule has 1 aromatic heterocycles. The van der Waals surface area contributed by atoms with Crippen LogP contribution < -0.4 is 10.1 Å². The van der Waals surface area contributed by atoms with Crippen molar-refractivity contribution in [3.05, 3.63) is 41.1 Å². The first-order chi connectivity index (χ1) is 8.70. The van der Waals surface area contributed by atoms with Gasteiger partial charge in [0.2, 0.25) is 0 Å². The van der Waals surface area contributed by atoms with Gasteiger partial charge in [0.1, 0.15) is 11.5 Å². The summed E-state index contributed by atoms with van der Waals surface area (Å²) in [7, 11) is 1.57. The van der Waals surface area contributed by atoms with Gasteiger partial charge in [-0.15, -0.1) is 0 Å². The molecular formula is C13H12BrNO3. The van der Waals surface area contributed by atoms with Crippen LogP contribution >= 0.6 is 15.9 Å². The van der Waals surface area contributed by atoms with Gasteiger partial charge in [0.05, 0.1) is 6.26 Å². The predicted molar refractivity (Wildman–Crippen MR) is 71.4 cm³/mol. The van der Waals surface area contributed by atoms with Crippen LogP contribution in [0.25, 0.3) is 11.3 Å². The number of amides is 1. The first kappa shape index (κ1) is 12.7. The highest BCUT2D eigenvalue weighted by atomic mass is 79.9. The Morgan fingerprint density at radius 1 is 1.44 bits per heavy atom. The summed E-state index contributed by atoms with van der Waals surface area (Å²) in [6.07, 6.45) is 1.61. The van der Waals surface area contributed by atoms with Crippen LogP contribution in [-0.2, 0) is 4.79 Å². The molecule has 0 aliphatic heterocycles. The molecule has 5 heteroatoms. The molecule has 0 unspecified atom stereocenters. The lowest BCUT2D eigenvalue weighted by Gasteiger charge is -2.07. The van der Waals surface area contributed by atoms with E-state index < -0.39 is 0 Å². The van der Waals surface area contributed by atoms with Crippen molar-refractivity contribution in [2.45, 2.75) is 0 Å². The van der Waals surface area contributed by atoms with Gasteiger partial charge >= 0.3 is 0 Å². The first-order valence-electron chi connectivity index (χ1n) is 5.37. The number of benzene rings is 1. The van der Waals surface area contributed by atoms with Gasteiger partial charge in [-0.05, 0) is 30.3 Å². The van der Waals surface area contributed by atoms with Gasteiger partial charge in [-0.3, -0.25) is 4.79 Å². The maximum Gasteiger partial charge on any atom is 0.257 e. The maximum atomic E-state index is 11.1. The van der Waals surface area contributed by atoms with Crippen LogP contribution in [0.15, 0.2) is 45.5 Å². The van der Waals surface area contributed by atoms with Crippen molar-refractivity contribution in [2.75, 3.05) is 13.7 Å². The Bertz CT molecular complexity index is 537. The number of furan rings is 1. The predicted octanol–water partition coefficient (Wildman–Crippen LogP) is 2.83. The van der Waals surface area contributed by atoms with Crippen molar-refractivity contribution < 1.29 is 13.9 Å². The summed E-state index contributed by atoms with van der Waals surface area (Å²) in [6.45, 7) is -0.00424. The summed E-state index contributed by atoms with van der Waals surface area (Å²) in [5, 5.41) is 2.50. The lowest BCUT2D eigenvalue weighted by molar-refractivity contribution is -0.122. The van der Waals surface area contributed by atoms with Crippen LogP contribution in [0.1, 0.15) is 0 Å². The number of nitrogens with one attached hydrogen (secondary N) is 1. The highest BCUT2D eigenvalue weighted by Crippen LogP contribution is 2.31. The molecule has 1 aromatic carbocycles. The molecule has 18 heavy (non-hydrogen) atoms. The van der Waals surface area contributed by atoms with Crippen LogP contribution in [0.4, 0.5) is 0 Å². The van der Waals surface area contributed by atoms with Crippen molar-refractivity contribution in [3.8, 4) is 17.1 Å². The summed E-state index contributed by atoms with van der Waals surface area (Å²) >= 11 is 3.45. The smallest absolute Gasteiger partial charge is 0.257 e. The molecule has 4 nitrogen and oxygen atoms in total. The van der Waals surface area contributed by atoms with Crippen LogP contribution in [0.3, 0.4) is 0 Å². The molecule has 0 atom stereocenters. The number of carbonyl (C=O) groups is 1. The van der Waals surface area contributed by atoms with Gasteiger partial charge in [-0.25, -0.2) is 0 Å². The minimum absolute atomic E-state index is 0.00424. The Balaban J connectivity index is 2.19. The van der Waals surface area contributed by atoms with Crippen molar-refractivity contribution >= 4 is 21.8 Å². The second-order valence-electron chi connectivity index (χ2n) is 3.58. The molecule has 94 valence electrons. The first-order valence-corrected chi connectivity index (χ1v) is 6.17. The van der Waals surface area contributed by atoms with Crippen molar-refractivity contribution in [2.24, 2.45) is 0 Å². The Morgan fingerprint density at radius 3 is 2.94 bits per heavy atom. The fraction of sp³-hybridized carbons (Fsp3) is 0.154. The highest BCUT2D eigenvalue weighted by Gasteiger charge is 2.08. The second-order valence-corrected chi connectivity index (χ2v) is 4.44. The Kier molecular flexibility index (Phi) is 4.04. The summed E-state index contributed by atoms with van der Waals surface area (Å²) in [5.41, 5.74) is 0.884. The monoisotopic (exact) mass is 309 g/mol. The lowest BCUT2D eigenvalue weighted by Crippen LogP contribution is -2.24. The second kappa shape index (κ2) is 5.73. The molecule has 2 rings (SSSR count). The maximum absolute atomic E-state index is 11.1. The van der Waals surface area contributed by atoms with Crippen molar-refractivity contribution in [1.29, 1.82) is 0 Å². The van der Waals surface area contributed by atoms with E-state index in [4.69, 9.17) is 9.15 Å².